The van der Waals surface area contributed by atoms with Crippen LogP contribution in [0.25, 0.3) is 10.8 Å². The predicted octanol–water partition coefficient (Wildman–Crippen LogP) is 4.27. The molecule has 0 fully saturated rings. The summed E-state index contributed by atoms with van der Waals surface area (Å²) >= 11 is 0. The Kier molecular flexibility index (Phi) is 6.22. The second kappa shape index (κ2) is 8.99. The highest BCUT2D eigenvalue weighted by Gasteiger charge is 2.16. The fraction of sp³-hybridized carbons (Fsp3) is 0.182. The van der Waals surface area contributed by atoms with Crippen LogP contribution in [0.1, 0.15) is 12.5 Å². The van der Waals surface area contributed by atoms with Gasteiger partial charge in [0.1, 0.15) is 11.9 Å². The zero-order chi connectivity index (χ0) is 19.9. The number of hydrogen-bond donors (Lipinski definition) is 2. The van der Waals surface area contributed by atoms with Gasteiger partial charge in [-0.3, -0.25) is 4.79 Å². The van der Waals surface area contributed by atoms with Crippen molar-refractivity contribution in [2.24, 2.45) is 0 Å². The Morgan fingerprint density at radius 2 is 1.71 bits per heavy atom. The molecule has 0 bridgehead atoms. The Balaban J connectivity index is 1.47. The van der Waals surface area contributed by atoms with Crippen LogP contribution in [0.3, 0.4) is 0 Å². The molecule has 0 saturated carbocycles. The normalized spacial score (nSPS) is 11.6. The van der Waals surface area contributed by atoms with E-state index in [4.69, 9.17) is 4.74 Å². The largest absolute Gasteiger partial charge is 0.449 e. The van der Waals surface area contributed by atoms with Crippen LogP contribution < -0.4 is 10.6 Å². The minimum Gasteiger partial charge on any atom is -0.449 e. The van der Waals surface area contributed by atoms with Gasteiger partial charge in [0.05, 0.1) is 6.61 Å². The lowest BCUT2D eigenvalue weighted by Crippen LogP contribution is -2.42. The summed E-state index contributed by atoms with van der Waals surface area (Å²) in [5.74, 6) is -0.698. The molecule has 0 saturated heterocycles. The Hall–Kier alpha value is -3.41. The molecule has 1 unspecified atom stereocenters. The molecule has 0 radical (unpaired) electrons. The number of nitrogens with one attached hydrogen (secondary N) is 2. The molecule has 3 aromatic rings. The first-order chi connectivity index (χ1) is 13.5. The minimum absolute atomic E-state index is 0.0196. The maximum Gasteiger partial charge on any atom is 0.407 e. The molecule has 1 atom stereocenters. The van der Waals surface area contributed by atoms with E-state index in [1.807, 2.05) is 36.4 Å². The monoisotopic (exact) mass is 380 g/mol. The van der Waals surface area contributed by atoms with Gasteiger partial charge in [0.25, 0.3) is 0 Å². The molecule has 6 heteroatoms. The lowest BCUT2D eigenvalue weighted by atomic mass is 10.1. The number of fused-ring (bicyclic) bond motifs is 1. The maximum atomic E-state index is 13.5. The van der Waals surface area contributed by atoms with Gasteiger partial charge in [-0.2, -0.15) is 0 Å². The van der Waals surface area contributed by atoms with Crippen molar-refractivity contribution >= 4 is 28.5 Å². The average molecular weight is 380 g/mol. The van der Waals surface area contributed by atoms with Gasteiger partial charge in [0, 0.05) is 12.1 Å². The Bertz CT molecular complexity index is 990. The smallest absolute Gasteiger partial charge is 0.407 e. The van der Waals surface area contributed by atoms with Gasteiger partial charge in [0.15, 0.2) is 0 Å². The predicted molar refractivity (Wildman–Crippen MR) is 107 cm³/mol. The Morgan fingerprint density at radius 1 is 1.00 bits per heavy atom. The summed E-state index contributed by atoms with van der Waals surface area (Å²) in [5.41, 5.74) is 1.11. The Morgan fingerprint density at radius 3 is 2.50 bits per heavy atom. The summed E-state index contributed by atoms with van der Waals surface area (Å²) in [6, 6.07) is 18.9. The number of halogens is 1. The van der Waals surface area contributed by atoms with Crippen LogP contribution in [0.2, 0.25) is 0 Å². The molecule has 144 valence electrons. The lowest BCUT2D eigenvalue weighted by Gasteiger charge is -2.14. The van der Waals surface area contributed by atoms with Crippen molar-refractivity contribution in [2.45, 2.75) is 19.4 Å². The van der Waals surface area contributed by atoms with Crippen molar-refractivity contribution in [1.82, 2.24) is 5.32 Å². The highest BCUT2D eigenvalue weighted by atomic mass is 19.1. The van der Waals surface area contributed by atoms with Gasteiger partial charge in [-0.15, -0.1) is 0 Å². The quantitative estimate of drug-likeness (QED) is 0.671. The third-order valence-electron chi connectivity index (χ3n) is 4.31. The van der Waals surface area contributed by atoms with Crippen LogP contribution in [-0.4, -0.2) is 24.6 Å². The molecule has 0 spiro atoms. The molecular formula is C22H21FN2O3. The summed E-state index contributed by atoms with van der Waals surface area (Å²) in [4.78, 5) is 24.1. The van der Waals surface area contributed by atoms with Crippen molar-refractivity contribution in [1.29, 1.82) is 0 Å². The van der Waals surface area contributed by atoms with Crippen LogP contribution in [0.5, 0.6) is 0 Å². The summed E-state index contributed by atoms with van der Waals surface area (Å²) in [5, 5.41) is 7.32. The van der Waals surface area contributed by atoms with Gasteiger partial charge in [-0.05, 0) is 41.5 Å². The standard InChI is InChI=1S/C22H21FN2O3/c1-15(24-22(27)28-13-12-17-7-4-5-9-20(17)23)21(26)25-19-11-10-16-6-2-3-8-18(16)14-19/h2-11,14-15H,12-13H2,1H3,(H,24,27)(H,25,26). The van der Waals surface area contributed by atoms with Gasteiger partial charge >= 0.3 is 6.09 Å². The first-order valence-electron chi connectivity index (χ1n) is 8.99. The molecule has 0 aliphatic carbocycles. The van der Waals surface area contributed by atoms with Crippen molar-refractivity contribution in [3.63, 3.8) is 0 Å². The van der Waals surface area contributed by atoms with Crippen molar-refractivity contribution in [2.75, 3.05) is 11.9 Å². The highest BCUT2D eigenvalue weighted by Crippen LogP contribution is 2.18. The molecule has 0 heterocycles. The summed E-state index contributed by atoms with van der Waals surface area (Å²) in [6.07, 6.45) is -0.463. The molecule has 5 nitrogen and oxygen atoms in total. The van der Waals surface area contributed by atoms with E-state index < -0.39 is 12.1 Å². The zero-order valence-electron chi connectivity index (χ0n) is 15.4. The van der Waals surface area contributed by atoms with Gasteiger partial charge in [-0.1, -0.05) is 48.5 Å². The third-order valence-corrected chi connectivity index (χ3v) is 4.31. The van der Waals surface area contributed by atoms with E-state index >= 15 is 0 Å². The number of anilines is 1. The van der Waals surface area contributed by atoms with E-state index in [2.05, 4.69) is 10.6 Å². The molecule has 2 N–H and O–H groups in total. The maximum absolute atomic E-state index is 13.5. The molecule has 2 amide bonds. The molecular weight excluding hydrogens is 359 g/mol. The van der Waals surface area contributed by atoms with Crippen LogP contribution in [0.4, 0.5) is 14.9 Å². The molecule has 0 aliphatic heterocycles. The first kappa shape index (κ1) is 19.4. The highest BCUT2D eigenvalue weighted by molar-refractivity contribution is 5.98. The second-order valence-corrected chi connectivity index (χ2v) is 6.39. The molecule has 0 aromatic heterocycles. The second-order valence-electron chi connectivity index (χ2n) is 6.39. The topological polar surface area (TPSA) is 67.4 Å². The number of rotatable bonds is 6. The van der Waals surface area contributed by atoms with Crippen LogP contribution >= 0.6 is 0 Å². The van der Waals surface area contributed by atoms with Gasteiger partial charge in [-0.25, -0.2) is 9.18 Å². The Labute approximate surface area is 162 Å². The van der Waals surface area contributed by atoms with E-state index in [-0.39, 0.29) is 24.8 Å². The number of alkyl carbamates (subject to hydrolysis) is 1. The van der Waals surface area contributed by atoms with E-state index in [1.54, 1.807) is 31.2 Å². The van der Waals surface area contributed by atoms with Crippen molar-refractivity contribution in [3.05, 3.63) is 78.1 Å². The number of benzene rings is 3. The van der Waals surface area contributed by atoms with E-state index in [0.717, 1.165) is 10.8 Å². The van der Waals surface area contributed by atoms with Crippen LogP contribution in [-0.2, 0) is 16.0 Å². The summed E-state index contributed by atoms with van der Waals surface area (Å²) in [6.45, 7) is 1.58. The van der Waals surface area contributed by atoms with Crippen molar-refractivity contribution in [3.8, 4) is 0 Å². The summed E-state index contributed by atoms with van der Waals surface area (Å²) in [7, 11) is 0. The number of carbonyl (C=O) groups excluding carboxylic acids is 2. The fourth-order valence-electron chi connectivity index (χ4n) is 2.76. The van der Waals surface area contributed by atoms with Gasteiger partial charge < -0.3 is 15.4 Å². The average Bonchev–Trinajstić information content (AvgIpc) is 2.69. The van der Waals surface area contributed by atoms with E-state index in [9.17, 15) is 14.0 Å². The van der Waals surface area contributed by atoms with Crippen LogP contribution in [0.15, 0.2) is 66.7 Å². The lowest BCUT2D eigenvalue weighted by molar-refractivity contribution is -0.117. The van der Waals surface area contributed by atoms with Crippen molar-refractivity contribution < 1.29 is 18.7 Å². The van der Waals surface area contributed by atoms with E-state index in [1.165, 1.54) is 6.07 Å². The molecule has 3 aromatic carbocycles. The number of hydrogen-bond acceptors (Lipinski definition) is 3. The number of carbonyl (C=O) groups is 2. The van der Waals surface area contributed by atoms with Gasteiger partial charge in [0.2, 0.25) is 5.91 Å². The number of ether oxygens (including phenoxy) is 1. The third kappa shape index (κ3) is 5.07. The molecule has 3 rings (SSSR count). The van der Waals surface area contributed by atoms with Crippen LogP contribution in [0, 0.1) is 5.82 Å². The SMILES string of the molecule is CC(NC(=O)OCCc1ccccc1F)C(=O)Nc1ccc2ccccc2c1. The molecule has 0 aliphatic rings. The zero-order valence-corrected chi connectivity index (χ0v) is 15.4. The summed E-state index contributed by atoms with van der Waals surface area (Å²) < 4.78 is 18.6. The number of amides is 2. The van der Waals surface area contributed by atoms with E-state index in [0.29, 0.717) is 11.3 Å². The molecule has 28 heavy (non-hydrogen) atoms. The minimum atomic E-state index is -0.785. The fourth-order valence-corrected chi connectivity index (χ4v) is 2.76. The first-order valence-corrected chi connectivity index (χ1v) is 8.99.